The van der Waals surface area contributed by atoms with Gasteiger partial charge in [0, 0.05) is 19.3 Å². The Labute approximate surface area is 115 Å². The number of aromatic amines is 1. The van der Waals surface area contributed by atoms with Crippen molar-refractivity contribution in [3.8, 4) is 0 Å². The van der Waals surface area contributed by atoms with Crippen LogP contribution in [0, 0.1) is 6.92 Å². The second-order valence-electron chi connectivity index (χ2n) is 4.43. The summed E-state index contributed by atoms with van der Waals surface area (Å²) in [5.41, 5.74) is 0.462. The molecular formula is C12H17N3O3S. The van der Waals surface area contributed by atoms with Crippen LogP contribution in [0.15, 0.2) is 16.0 Å². The lowest BCUT2D eigenvalue weighted by molar-refractivity contribution is -0.119. The summed E-state index contributed by atoms with van der Waals surface area (Å²) in [6, 6.07) is 0. The number of hydrogen-bond acceptors (Lipinski definition) is 5. The first-order valence-corrected chi connectivity index (χ1v) is 7.21. The van der Waals surface area contributed by atoms with E-state index in [4.69, 9.17) is 4.74 Å². The Kier molecular flexibility index (Phi) is 4.98. The number of hydrogen-bond donors (Lipinski definition) is 2. The number of carbonyl (C=O) groups excluding carboxylic acids is 1. The number of nitrogens with one attached hydrogen (secondary N) is 2. The van der Waals surface area contributed by atoms with E-state index >= 15 is 0 Å². The number of amides is 1. The Balaban J connectivity index is 1.76. The number of aryl methyl sites for hydroxylation is 1. The molecule has 0 aliphatic carbocycles. The van der Waals surface area contributed by atoms with Gasteiger partial charge in [0.1, 0.15) is 0 Å². The molecule has 2 heterocycles. The van der Waals surface area contributed by atoms with Crippen LogP contribution in [-0.2, 0) is 9.53 Å². The minimum atomic E-state index is -0.395. The zero-order chi connectivity index (χ0) is 13.7. The summed E-state index contributed by atoms with van der Waals surface area (Å²) in [5, 5.41) is 3.52. The second-order valence-corrected chi connectivity index (χ2v) is 5.41. The van der Waals surface area contributed by atoms with Crippen molar-refractivity contribution in [2.45, 2.75) is 30.9 Å². The lowest BCUT2D eigenvalue weighted by Gasteiger charge is -2.10. The largest absolute Gasteiger partial charge is 0.376 e. The molecule has 1 amide bonds. The van der Waals surface area contributed by atoms with Gasteiger partial charge in [-0.1, -0.05) is 11.8 Å². The summed E-state index contributed by atoms with van der Waals surface area (Å²) in [6.45, 7) is 3.19. The van der Waals surface area contributed by atoms with Gasteiger partial charge >= 0.3 is 5.69 Å². The fourth-order valence-electron chi connectivity index (χ4n) is 1.81. The maximum Gasteiger partial charge on any atom is 0.345 e. The number of carbonyl (C=O) groups is 1. The van der Waals surface area contributed by atoms with E-state index in [1.807, 2.05) is 6.92 Å². The molecule has 1 atom stereocenters. The van der Waals surface area contributed by atoms with Gasteiger partial charge in [0.25, 0.3) is 0 Å². The van der Waals surface area contributed by atoms with Crippen molar-refractivity contribution >= 4 is 17.7 Å². The molecule has 1 aromatic heterocycles. The SMILES string of the molecule is Cc1cnc(=O)[nH]c1SCC(=O)NCC1CCCO1. The zero-order valence-corrected chi connectivity index (χ0v) is 11.6. The third-order valence-electron chi connectivity index (χ3n) is 2.85. The fourth-order valence-corrected chi connectivity index (χ4v) is 2.63. The quantitative estimate of drug-likeness (QED) is 0.606. The Hall–Kier alpha value is -1.34. The van der Waals surface area contributed by atoms with Crippen LogP contribution in [0.2, 0.25) is 0 Å². The number of nitrogens with zero attached hydrogens (tertiary/aromatic N) is 1. The van der Waals surface area contributed by atoms with E-state index in [9.17, 15) is 9.59 Å². The van der Waals surface area contributed by atoms with Crippen molar-refractivity contribution in [1.29, 1.82) is 0 Å². The third kappa shape index (κ3) is 4.36. The molecule has 1 aliphatic heterocycles. The highest BCUT2D eigenvalue weighted by molar-refractivity contribution is 7.99. The van der Waals surface area contributed by atoms with Gasteiger partial charge in [-0.15, -0.1) is 0 Å². The molecule has 1 fully saturated rings. The Morgan fingerprint density at radius 3 is 3.26 bits per heavy atom. The van der Waals surface area contributed by atoms with E-state index in [0.717, 1.165) is 25.0 Å². The van der Waals surface area contributed by atoms with Gasteiger partial charge in [-0.05, 0) is 25.3 Å². The van der Waals surface area contributed by atoms with Crippen LogP contribution in [0.5, 0.6) is 0 Å². The highest BCUT2D eigenvalue weighted by atomic mass is 32.2. The molecule has 0 spiro atoms. The molecule has 6 nitrogen and oxygen atoms in total. The number of thioether (sulfide) groups is 1. The number of aromatic nitrogens is 2. The van der Waals surface area contributed by atoms with Crippen molar-refractivity contribution < 1.29 is 9.53 Å². The van der Waals surface area contributed by atoms with Gasteiger partial charge < -0.3 is 15.0 Å². The van der Waals surface area contributed by atoms with Gasteiger partial charge in [-0.25, -0.2) is 9.78 Å². The van der Waals surface area contributed by atoms with Crippen LogP contribution < -0.4 is 11.0 Å². The average molecular weight is 283 g/mol. The van der Waals surface area contributed by atoms with E-state index in [2.05, 4.69) is 15.3 Å². The number of H-pyrrole nitrogens is 1. The molecule has 0 aromatic carbocycles. The molecule has 1 aromatic rings. The van der Waals surface area contributed by atoms with Crippen molar-refractivity contribution in [2.24, 2.45) is 0 Å². The zero-order valence-electron chi connectivity index (χ0n) is 10.8. The van der Waals surface area contributed by atoms with Crippen molar-refractivity contribution in [2.75, 3.05) is 18.9 Å². The standard InChI is InChI=1S/C12H17N3O3S/c1-8-5-14-12(17)15-11(8)19-7-10(16)13-6-9-3-2-4-18-9/h5,9H,2-4,6-7H2,1H3,(H,13,16)(H,14,15,17). The molecule has 19 heavy (non-hydrogen) atoms. The molecular weight excluding hydrogens is 266 g/mol. The maximum absolute atomic E-state index is 11.7. The van der Waals surface area contributed by atoms with Crippen molar-refractivity contribution in [3.05, 3.63) is 22.2 Å². The first-order chi connectivity index (χ1) is 9.15. The predicted octanol–water partition coefficient (Wildman–Crippen LogP) is 0.466. The normalized spacial score (nSPS) is 18.5. The fraction of sp³-hybridized carbons (Fsp3) is 0.583. The molecule has 1 saturated heterocycles. The topological polar surface area (TPSA) is 84.1 Å². The van der Waals surface area contributed by atoms with E-state index in [0.29, 0.717) is 11.6 Å². The van der Waals surface area contributed by atoms with E-state index in [1.165, 1.54) is 18.0 Å². The first kappa shape index (κ1) is 14.1. The Morgan fingerprint density at radius 2 is 2.53 bits per heavy atom. The van der Waals surface area contributed by atoms with E-state index < -0.39 is 5.69 Å². The summed E-state index contributed by atoms with van der Waals surface area (Å²) >= 11 is 1.30. The highest BCUT2D eigenvalue weighted by Gasteiger charge is 2.16. The van der Waals surface area contributed by atoms with Crippen LogP contribution in [0.4, 0.5) is 0 Å². The molecule has 0 radical (unpaired) electrons. The van der Waals surface area contributed by atoms with Gasteiger partial charge in [0.15, 0.2) is 0 Å². The Morgan fingerprint density at radius 1 is 1.68 bits per heavy atom. The maximum atomic E-state index is 11.7. The summed E-state index contributed by atoms with van der Waals surface area (Å²) in [5.74, 6) is 0.214. The number of ether oxygens (including phenoxy) is 1. The van der Waals surface area contributed by atoms with Crippen LogP contribution in [0.3, 0.4) is 0 Å². The third-order valence-corrected chi connectivity index (χ3v) is 3.97. The molecule has 1 unspecified atom stereocenters. The van der Waals surface area contributed by atoms with Crippen molar-refractivity contribution in [3.63, 3.8) is 0 Å². The lowest BCUT2D eigenvalue weighted by Crippen LogP contribution is -2.33. The lowest BCUT2D eigenvalue weighted by atomic mass is 10.2. The van der Waals surface area contributed by atoms with Gasteiger partial charge in [0.05, 0.1) is 16.9 Å². The smallest absolute Gasteiger partial charge is 0.345 e. The van der Waals surface area contributed by atoms with Gasteiger partial charge in [-0.2, -0.15) is 0 Å². The van der Waals surface area contributed by atoms with Crippen LogP contribution in [0.1, 0.15) is 18.4 Å². The van der Waals surface area contributed by atoms with Gasteiger partial charge in [0.2, 0.25) is 5.91 Å². The average Bonchev–Trinajstić information content (AvgIpc) is 2.90. The minimum Gasteiger partial charge on any atom is -0.376 e. The summed E-state index contributed by atoms with van der Waals surface area (Å²) in [7, 11) is 0. The molecule has 0 bridgehead atoms. The minimum absolute atomic E-state index is 0.0578. The molecule has 1 aliphatic rings. The molecule has 2 rings (SSSR count). The van der Waals surface area contributed by atoms with Crippen LogP contribution in [0.25, 0.3) is 0 Å². The number of rotatable bonds is 5. The molecule has 2 N–H and O–H groups in total. The van der Waals surface area contributed by atoms with E-state index in [-0.39, 0.29) is 17.8 Å². The monoisotopic (exact) mass is 283 g/mol. The van der Waals surface area contributed by atoms with Crippen LogP contribution in [-0.4, -0.2) is 40.9 Å². The molecule has 104 valence electrons. The predicted molar refractivity (Wildman–Crippen MR) is 72.3 cm³/mol. The summed E-state index contributed by atoms with van der Waals surface area (Å²) in [4.78, 5) is 29.0. The Bertz CT molecular complexity index is 497. The van der Waals surface area contributed by atoms with Gasteiger partial charge in [-0.3, -0.25) is 4.79 Å². The summed E-state index contributed by atoms with van der Waals surface area (Å²) < 4.78 is 5.42. The van der Waals surface area contributed by atoms with Crippen LogP contribution >= 0.6 is 11.8 Å². The van der Waals surface area contributed by atoms with E-state index in [1.54, 1.807) is 0 Å². The highest BCUT2D eigenvalue weighted by Crippen LogP contribution is 2.17. The van der Waals surface area contributed by atoms with Crippen molar-refractivity contribution in [1.82, 2.24) is 15.3 Å². The molecule has 7 heteroatoms. The summed E-state index contributed by atoms with van der Waals surface area (Å²) in [6.07, 6.45) is 3.72. The molecule has 0 saturated carbocycles. The first-order valence-electron chi connectivity index (χ1n) is 6.22. The second kappa shape index (κ2) is 6.72.